The van der Waals surface area contributed by atoms with Gasteiger partial charge in [-0.2, -0.15) is 0 Å². The van der Waals surface area contributed by atoms with E-state index in [1.54, 1.807) is 11.9 Å². The van der Waals surface area contributed by atoms with E-state index in [1.165, 1.54) is 21.8 Å². The molecule has 0 aliphatic carbocycles. The maximum atomic E-state index is 13.0. The van der Waals surface area contributed by atoms with Gasteiger partial charge in [-0.05, 0) is 57.4 Å². The zero-order valence-electron chi connectivity index (χ0n) is 18.4. The lowest BCUT2D eigenvalue weighted by atomic mass is 10.0. The van der Waals surface area contributed by atoms with E-state index in [9.17, 15) is 9.59 Å². The van der Waals surface area contributed by atoms with Crippen molar-refractivity contribution in [3.8, 4) is 0 Å². The van der Waals surface area contributed by atoms with Gasteiger partial charge in [0.2, 0.25) is 5.91 Å². The maximum Gasteiger partial charge on any atom is 0.317 e. The molecule has 6 nitrogen and oxygen atoms in total. The van der Waals surface area contributed by atoms with E-state index in [-0.39, 0.29) is 17.9 Å². The standard InChI is InChI=1S/C24H30N4O2/c1-14(2)28-19-9-7-6-8-18(19)21-16(4)22(15(3)12-20(21)28)26-23(29)17-10-11-27(13-17)24(30)25-5/h6-9,12,14,17H,10-11,13H2,1-5H3,(H,25,30)(H,26,29). The molecule has 0 saturated carbocycles. The molecule has 3 aromatic rings. The lowest BCUT2D eigenvalue weighted by Gasteiger charge is -2.18. The zero-order chi connectivity index (χ0) is 21.6. The predicted molar refractivity (Wildman–Crippen MR) is 122 cm³/mol. The molecule has 158 valence electrons. The van der Waals surface area contributed by atoms with Crippen molar-refractivity contribution in [2.75, 3.05) is 25.5 Å². The number of nitrogens with one attached hydrogen (secondary N) is 2. The largest absolute Gasteiger partial charge is 0.341 e. The van der Waals surface area contributed by atoms with Gasteiger partial charge in [-0.1, -0.05) is 18.2 Å². The predicted octanol–water partition coefficient (Wildman–Crippen LogP) is 4.59. The Morgan fingerprint density at radius 1 is 1.13 bits per heavy atom. The fraction of sp³-hybridized carbons (Fsp3) is 0.417. The van der Waals surface area contributed by atoms with Crippen LogP contribution in [0.15, 0.2) is 30.3 Å². The van der Waals surface area contributed by atoms with Crippen molar-refractivity contribution >= 4 is 39.4 Å². The summed E-state index contributed by atoms with van der Waals surface area (Å²) in [5, 5.41) is 8.22. The Kier molecular flexibility index (Phi) is 5.18. The van der Waals surface area contributed by atoms with E-state index in [1.807, 2.05) is 0 Å². The number of carbonyl (C=O) groups is 2. The van der Waals surface area contributed by atoms with Crippen LogP contribution in [0.25, 0.3) is 21.8 Å². The second-order valence-electron chi connectivity index (χ2n) is 8.54. The third kappa shape index (κ3) is 3.20. The van der Waals surface area contributed by atoms with Crippen LogP contribution in [0, 0.1) is 19.8 Å². The van der Waals surface area contributed by atoms with Crippen molar-refractivity contribution in [1.29, 1.82) is 0 Å². The highest BCUT2D eigenvalue weighted by Crippen LogP contribution is 2.38. The van der Waals surface area contributed by atoms with Crippen molar-refractivity contribution in [1.82, 2.24) is 14.8 Å². The monoisotopic (exact) mass is 406 g/mol. The molecule has 0 radical (unpaired) electrons. The fourth-order valence-corrected chi connectivity index (χ4v) is 4.81. The first kappa shape index (κ1) is 20.3. The number of amides is 3. The molecule has 2 N–H and O–H groups in total. The van der Waals surface area contributed by atoms with Crippen LogP contribution in [-0.4, -0.2) is 41.5 Å². The number of nitrogens with zero attached hydrogens (tertiary/aromatic N) is 2. The van der Waals surface area contributed by atoms with Gasteiger partial charge in [0.15, 0.2) is 0 Å². The molecule has 1 saturated heterocycles. The Balaban J connectivity index is 1.73. The number of para-hydroxylation sites is 1. The average Bonchev–Trinajstić information content (AvgIpc) is 3.33. The Bertz CT molecular complexity index is 1150. The zero-order valence-corrected chi connectivity index (χ0v) is 18.4. The Morgan fingerprint density at radius 3 is 2.57 bits per heavy atom. The number of fused-ring (bicyclic) bond motifs is 3. The second kappa shape index (κ2) is 7.67. The van der Waals surface area contributed by atoms with Crippen LogP contribution >= 0.6 is 0 Å². The van der Waals surface area contributed by atoms with Crippen LogP contribution < -0.4 is 10.6 Å². The summed E-state index contributed by atoms with van der Waals surface area (Å²) < 4.78 is 2.37. The first-order chi connectivity index (χ1) is 14.3. The quantitative estimate of drug-likeness (QED) is 0.668. The lowest BCUT2D eigenvalue weighted by Crippen LogP contribution is -2.37. The lowest BCUT2D eigenvalue weighted by molar-refractivity contribution is -0.119. The first-order valence-electron chi connectivity index (χ1n) is 10.6. The van der Waals surface area contributed by atoms with E-state index in [2.05, 4.69) is 73.2 Å². The topological polar surface area (TPSA) is 66.4 Å². The second-order valence-corrected chi connectivity index (χ2v) is 8.54. The van der Waals surface area contributed by atoms with Gasteiger partial charge in [0, 0.05) is 48.2 Å². The molecular formula is C24H30N4O2. The highest BCUT2D eigenvalue weighted by atomic mass is 16.2. The van der Waals surface area contributed by atoms with Gasteiger partial charge < -0.3 is 20.1 Å². The average molecular weight is 407 g/mol. The molecule has 4 rings (SSSR count). The van der Waals surface area contributed by atoms with Crippen LogP contribution in [0.2, 0.25) is 0 Å². The smallest absolute Gasteiger partial charge is 0.317 e. The third-order valence-corrected chi connectivity index (χ3v) is 6.27. The summed E-state index contributed by atoms with van der Waals surface area (Å²) in [5.74, 6) is -0.201. The van der Waals surface area contributed by atoms with E-state index < -0.39 is 0 Å². The normalized spacial score (nSPS) is 16.6. The van der Waals surface area contributed by atoms with Crippen LogP contribution in [-0.2, 0) is 4.79 Å². The van der Waals surface area contributed by atoms with Crippen LogP contribution in [0.4, 0.5) is 10.5 Å². The minimum absolute atomic E-state index is 0.0143. The van der Waals surface area contributed by atoms with E-state index >= 15 is 0 Å². The number of anilines is 1. The highest BCUT2D eigenvalue weighted by molar-refractivity contribution is 6.12. The molecule has 0 spiro atoms. The summed E-state index contributed by atoms with van der Waals surface area (Å²) >= 11 is 0. The van der Waals surface area contributed by atoms with E-state index in [4.69, 9.17) is 0 Å². The summed E-state index contributed by atoms with van der Waals surface area (Å²) in [6.07, 6.45) is 0.687. The van der Waals surface area contributed by atoms with Crippen LogP contribution in [0.3, 0.4) is 0 Å². The molecule has 1 unspecified atom stereocenters. The Labute approximate surface area is 177 Å². The molecule has 6 heteroatoms. The molecule has 1 aromatic heterocycles. The first-order valence-corrected chi connectivity index (χ1v) is 10.6. The van der Waals surface area contributed by atoms with Crippen LogP contribution in [0.1, 0.15) is 37.4 Å². The number of aryl methyl sites for hydroxylation is 2. The molecule has 0 bridgehead atoms. The van der Waals surface area contributed by atoms with Crippen molar-refractivity contribution in [3.05, 3.63) is 41.5 Å². The number of rotatable bonds is 3. The summed E-state index contributed by atoms with van der Waals surface area (Å²) in [6.45, 7) is 9.60. The van der Waals surface area contributed by atoms with Gasteiger partial charge in [0.1, 0.15) is 0 Å². The molecular weight excluding hydrogens is 376 g/mol. The molecule has 2 heterocycles. The van der Waals surface area contributed by atoms with Crippen molar-refractivity contribution in [2.45, 2.75) is 40.2 Å². The fourth-order valence-electron chi connectivity index (χ4n) is 4.81. The molecule has 3 amide bonds. The molecule has 1 aliphatic heterocycles. The Hall–Kier alpha value is -3.02. The minimum atomic E-state index is -0.186. The number of hydrogen-bond donors (Lipinski definition) is 2. The molecule has 1 fully saturated rings. The minimum Gasteiger partial charge on any atom is -0.341 e. The summed E-state index contributed by atoms with van der Waals surface area (Å²) in [7, 11) is 1.62. The molecule has 1 atom stereocenters. The number of benzene rings is 2. The van der Waals surface area contributed by atoms with Gasteiger partial charge in [-0.25, -0.2) is 4.79 Å². The molecule has 30 heavy (non-hydrogen) atoms. The highest BCUT2D eigenvalue weighted by Gasteiger charge is 2.31. The number of carbonyl (C=O) groups excluding carboxylic acids is 2. The third-order valence-electron chi connectivity index (χ3n) is 6.27. The molecule has 1 aliphatic rings. The summed E-state index contributed by atoms with van der Waals surface area (Å²) in [4.78, 5) is 26.6. The van der Waals surface area contributed by atoms with Gasteiger partial charge in [0.25, 0.3) is 0 Å². The van der Waals surface area contributed by atoms with Crippen molar-refractivity contribution in [2.24, 2.45) is 5.92 Å². The summed E-state index contributed by atoms with van der Waals surface area (Å²) in [6, 6.07) is 10.8. The number of urea groups is 1. The maximum absolute atomic E-state index is 13.0. The van der Waals surface area contributed by atoms with E-state index in [0.29, 0.717) is 25.6 Å². The van der Waals surface area contributed by atoms with Crippen LogP contribution in [0.5, 0.6) is 0 Å². The van der Waals surface area contributed by atoms with Gasteiger partial charge in [-0.15, -0.1) is 0 Å². The SMILES string of the molecule is CNC(=O)N1CCC(C(=O)Nc2c(C)cc3c(c2C)c2ccccc2n3C(C)C)C1. The van der Waals surface area contributed by atoms with Gasteiger partial charge in [0.05, 0.1) is 11.4 Å². The van der Waals surface area contributed by atoms with Crippen molar-refractivity contribution in [3.63, 3.8) is 0 Å². The molecule has 2 aromatic carbocycles. The van der Waals surface area contributed by atoms with Gasteiger partial charge in [-0.3, -0.25) is 4.79 Å². The number of likely N-dealkylation sites (tertiary alicyclic amines) is 1. The van der Waals surface area contributed by atoms with Gasteiger partial charge >= 0.3 is 6.03 Å². The Morgan fingerprint density at radius 2 is 1.87 bits per heavy atom. The summed E-state index contributed by atoms with van der Waals surface area (Å²) in [5.41, 5.74) is 5.45. The van der Waals surface area contributed by atoms with Crippen molar-refractivity contribution < 1.29 is 9.59 Å². The van der Waals surface area contributed by atoms with E-state index in [0.717, 1.165) is 16.8 Å². The number of aromatic nitrogens is 1. The number of hydrogen-bond acceptors (Lipinski definition) is 2.